The van der Waals surface area contributed by atoms with Crippen molar-refractivity contribution in [2.75, 3.05) is 70.9 Å². The molecule has 2 saturated heterocycles. The zero-order valence-corrected chi connectivity index (χ0v) is 29.9. The number of Topliss-reactive ketones (excluding diaryl/α,β-unsaturated/α-hetero) is 1. The van der Waals surface area contributed by atoms with Gasteiger partial charge in [0.15, 0.2) is 0 Å². The van der Waals surface area contributed by atoms with E-state index in [0.29, 0.717) is 67.0 Å². The SMILES string of the molecule is N=C1C(=O)c2ccc(C(=O)NCCOCCOCCCCCCCl)cc2C12c1ccc(N3CCC3)cc1Oc1cc(N3CC[I-]3)ccc12. The molecule has 7 rings (SSSR count). The molecule has 3 aromatic rings. The Balaban J connectivity index is 1.10. The van der Waals surface area contributed by atoms with Crippen LogP contribution in [-0.2, 0) is 14.9 Å². The predicted octanol–water partition coefficient (Wildman–Crippen LogP) is 2.94. The number of fused-ring (bicyclic) bond motifs is 6. The van der Waals surface area contributed by atoms with Crippen LogP contribution in [0.15, 0.2) is 54.6 Å². The molecule has 1 atom stereocenters. The van der Waals surface area contributed by atoms with Crippen molar-refractivity contribution < 1.29 is 45.3 Å². The Morgan fingerprint density at radius 3 is 2.27 bits per heavy atom. The molecule has 0 saturated carbocycles. The van der Waals surface area contributed by atoms with E-state index in [1.807, 2.05) is 18.2 Å². The van der Waals surface area contributed by atoms with Crippen LogP contribution in [0, 0.1) is 5.41 Å². The van der Waals surface area contributed by atoms with Gasteiger partial charge in [-0.1, -0.05) is 12.8 Å². The van der Waals surface area contributed by atoms with Gasteiger partial charge in [-0.3, -0.25) is 0 Å². The van der Waals surface area contributed by atoms with Crippen LogP contribution in [0.3, 0.4) is 0 Å². The standard InChI is InChI=1S/C37H41ClIN4O5/c38-12-3-1-2-4-18-46-20-21-47-19-14-41-36(45)25-6-9-28-31(22-25)37(35(40)34(28)44)29-10-7-26(42-15-5-16-42)23-32(29)48-33-24-27(8-11-30(33)37)43-17-13-39-43/h6-11,22-24,40H,1-5,12-21H2,(H,41,45)/q-1. The third-order valence-electron chi connectivity index (χ3n) is 9.58. The van der Waals surface area contributed by atoms with Crippen molar-refractivity contribution >= 4 is 40.4 Å². The number of ether oxygens (including phenoxy) is 3. The molecule has 2 N–H and O–H groups in total. The van der Waals surface area contributed by atoms with Crippen molar-refractivity contribution in [1.29, 1.82) is 5.41 Å². The van der Waals surface area contributed by atoms with Crippen LogP contribution in [0.4, 0.5) is 11.4 Å². The van der Waals surface area contributed by atoms with Crippen molar-refractivity contribution in [2.24, 2.45) is 0 Å². The van der Waals surface area contributed by atoms with Gasteiger partial charge in [-0.25, -0.2) is 0 Å². The fourth-order valence-electron chi connectivity index (χ4n) is 6.87. The monoisotopic (exact) mass is 783 g/mol. The normalized spacial score (nSPS) is 19.1. The zero-order chi connectivity index (χ0) is 33.1. The Morgan fingerprint density at radius 2 is 1.58 bits per heavy atom. The van der Waals surface area contributed by atoms with E-state index in [1.165, 1.54) is 4.43 Å². The number of amides is 1. The molecule has 11 heteroatoms. The van der Waals surface area contributed by atoms with Crippen LogP contribution in [0.25, 0.3) is 0 Å². The molecule has 2 fully saturated rings. The molecule has 48 heavy (non-hydrogen) atoms. The summed E-state index contributed by atoms with van der Waals surface area (Å²) in [6.45, 7) is 5.42. The minimum atomic E-state index is -1.19. The van der Waals surface area contributed by atoms with E-state index < -0.39 is 5.41 Å². The fourth-order valence-corrected chi connectivity index (χ4v) is 8.72. The Morgan fingerprint density at radius 1 is 0.875 bits per heavy atom. The number of carbonyl (C=O) groups is 2. The van der Waals surface area contributed by atoms with Gasteiger partial charge in [-0.15, -0.1) is 11.6 Å². The second-order valence-corrected chi connectivity index (χ2v) is 15.8. The molecule has 0 bridgehead atoms. The molecule has 1 amide bonds. The summed E-state index contributed by atoms with van der Waals surface area (Å²) >= 11 is 5.69. The van der Waals surface area contributed by atoms with E-state index in [2.05, 4.69) is 31.5 Å². The molecule has 9 nitrogen and oxygen atoms in total. The van der Waals surface area contributed by atoms with Gasteiger partial charge in [-0.05, 0) is 12.8 Å². The number of unbranched alkanes of at least 4 members (excludes halogenated alkanes) is 3. The molecule has 1 unspecified atom stereocenters. The van der Waals surface area contributed by atoms with Crippen LogP contribution in [0.2, 0.25) is 0 Å². The van der Waals surface area contributed by atoms with Crippen molar-refractivity contribution in [3.63, 3.8) is 0 Å². The summed E-state index contributed by atoms with van der Waals surface area (Å²) in [5, 5.41) is 12.3. The van der Waals surface area contributed by atoms with E-state index in [4.69, 9.17) is 25.8 Å². The number of nitrogens with one attached hydrogen (secondary N) is 2. The molecular weight excluding hydrogens is 743 g/mol. The van der Waals surface area contributed by atoms with E-state index in [-0.39, 0.29) is 38.9 Å². The number of carbonyl (C=O) groups excluding carboxylic acids is 2. The van der Waals surface area contributed by atoms with Gasteiger partial charge in [0, 0.05) is 12.5 Å². The number of benzene rings is 3. The average Bonchev–Trinajstić information content (AvgIpc) is 3.25. The first-order valence-electron chi connectivity index (χ1n) is 16.9. The quantitative estimate of drug-likeness (QED) is 0.106. The van der Waals surface area contributed by atoms with Crippen LogP contribution in [-0.4, -0.2) is 80.3 Å². The molecule has 3 heterocycles. The molecule has 0 aromatic heterocycles. The summed E-state index contributed by atoms with van der Waals surface area (Å²) in [4.78, 5) is 29.5. The predicted molar refractivity (Wildman–Crippen MR) is 184 cm³/mol. The van der Waals surface area contributed by atoms with Crippen LogP contribution < -0.4 is 39.5 Å². The summed E-state index contributed by atoms with van der Waals surface area (Å²) in [5.74, 6) is 1.43. The van der Waals surface area contributed by atoms with Gasteiger partial charge in [0.05, 0.1) is 19.8 Å². The number of hydrogen-bond donors (Lipinski definition) is 2. The maximum atomic E-state index is 13.8. The number of halogens is 2. The molecule has 3 aromatic carbocycles. The number of nitrogens with zero attached hydrogens (tertiary/aromatic N) is 2. The second kappa shape index (κ2) is 14.7. The molecule has 254 valence electrons. The maximum absolute atomic E-state index is 13.8. The summed E-state index contributed by atoms with van der Waals surface area (Å²) < 4.78 is 21.6. The Labute approximate surface area is 297 Å². The van der Waals surface area contributed by atoms with Gasteiger partial charge in [0.25, 0.3) is 0 Å². The van der Waals surface area contributed by atoms with Crippen LogP contribution >= 0.6 is 11.6 Å². The Kier molecular flexibility index (Phi) is 10.2. The zero-order valence-electron chi connectivity index (χ0n) is 27.0. The summed E-state index contributed by atoms with van der Waals surface area (Å²) in [6.07, 6.45) is 5.46. The molecular formula is C37H41ClIN4O5-. The minimum absolute atomic E-state index is 0.0208. The first-order valence-corrected chi connectivity index (χ1v) is 19.9. The van der Waals surface area contributed by atoms with Crippen molar-refractivity contribution in [3.05, 3.63) is 82.4 Å². The van der Waals surface area contributed by atoms with Gasteiger partial charge >= 0.3 is 220 Å². The molecule has 3 aliphatic heterocycles. The number of alkyl halides is 2. The molecule has 1 spiro atoms. The summed E-state index contributed by atoms with van der Waals surface area (Å²) in [5.41, 5.74) is 4.01. The number of anilines is 2. The van der Waals surface area contributed by atoms with Gasteiger partial charge in [-0.2, -0.15) is 0 Å². The van der Waals surface area contributed by atoms with Crippen molar-refractivity contribution in [2.45, 2.75) is 37.5 Å². The third-order valence-corrected chi connectivity index (χ3v) is 12.7. The molecule has 1 aliphatic carbocycles. The van der Waals surface area contributed by atoms with Gasteiger partial charge in [0.1, 0.15) is 0 Å². The number of rotatable bonds is 15. The van der Waals surface area contributed by atoms with Crippen LogP contribution in [0.5, 0.6) is 11.5 Å². The van der Waals surface area contributed by atoms with Crippen molar-refractivity contribution in [1.82, 2.24) is 5.32 Å². The first-order chi connectivity index (χ1) is 23.5. The summed E-state index contributed by atoms with van der Waals surface area (Å²) in [7, 11) is 0. The van der Waals surface area contributed by atoms with E-state index in [0.717, 1.165) is 74.2 Å². The van der Waals surface area contributed by atoms with E-state index in [9.17, 15) is 15.0 Å². The Bertz CT molecular complexity index is 1650. The van der Waals surface area contributed by atoms with E-state index >= 15 is 0 Å². The second-order valence-electron chi connectivity index (χ2n) is 12.5. The number of hydrogen-bond acceptors (Lipinski definition) is 8. The topological polar surface area (TPSA) is 104 Å². The van der Waals surface area contributed by atoms with E-state index in [1.54, 1.807) is 18.2 Å². The molecule has 4 aliphatic rings. The number of ketones is 1. The van der Waals surface area contributed by atoms with Crippen molar-refractivity contribution in [3.8, 4) is 11.5 Å². The van der Waals surface area contributed by atoms with Gasteiger partial charge in [0.2, 0.25) is 0 Å². The van der Waals surface area contributed by atoms with Crippen LogP contribution in [0.1, 0.15) is 69.5 Å². The van der Waals surface area contributed by atoms with Gasteiger partial charge < -0.3 is 9.47 Å². The first kappa shape index (κ1) is 33.3. The third kappa shape index (κ3) is 6.21. The Hall–Kier alpha value is -3.19. The molecule has 0 radical (unpaired) electrons. The fraction of sp³-hybridized carbons (Fsp3) is 0.432. The average molecular weight is 784 g/mol. The summed E-state index contributed by atoms with van der Waals surface area (Å²) in [6, 6.07) is 17.4.